The van der Waals surface area contributed by atoms with Gasteiger partial charge in [0.2, 0.25) is 0 Å². The molecule has 0 unspecified atom stereocenters. The Kier molecular flexibility index (Phi) is 5.68. The SMILES string of the molecule is CN(C)S(=O)(=O)Nc1cnccc1CN1C(=O)N(c2ccc(OC(F)(F)F)cc2)C(=O)C12CC2. The summed E-state index contributed by atoms with van der Waals surface area (Å²) in [6.45, 7) is -0.0792. The van der Waals surface area contributed by atoms with Crippen LogP contribution in [0.5, 0.6) is 5.75 Å². The monoisotopic (exact) mass is 499 g/mol. The maximum absolute atomic E-state index is 13.3. The lowest BCUT2D eigenvalue weighted by Crippen LogP contribution is -2.37. The number of alkyl halides is 3. The Morgan fingerprint density at radius 1 is 1.15 bits per heavy atom. The Labute approximate surface area is 193 Å². The number of aromatic nitrogens is 1. The summed E-state index contributed by atoms with van der Waals surface area (Å²) in [5.74, 6) is -0.977. The van der Waals surface area contributed by atoms with Crippen molar-refractivity contribution in [2.45, 2.75) is 31.3 Å². The first-order valence-corrected chi connectivity index (χ1v) is 11.4. The van der Waals surface area contributed by atoms with Crippen LogP contribution < -0.4 is 14.4 Å². The molecule has 182 valence electrons. The molecule has 2 aromatic rings. The van der Waals surface area contributed by atoms with E-state index in [0.717, 1.165) is 21.3 Å². The number of carbonyl (C=O) groups is 2. The van der Waals surface area contributed by atoms with E-state index in [-0.39, 0.29) is 17.9 Å². The van der Waals surface area contributed by atoms with Gasteiger partial charge in [-0.15, -0.1) is 13.2 Å². The number of amides is 3. The highest BCUT2D eigenvalue weighted by molar-refractivity contribution is 7.90. The summed E-state index contributed by atoms with van der Waals surface area (Å²) < 4.78 is 69.0. The van der Waals surface area contributed by atoms with E-state index in [4.69, 9.17) is 0 Å². The van der Waals surface area contributed by atoms with E-state index in [1.807, 2.05) is 0 Å². The van der Waals surface area contributed by atoms with E-state index >= 15 is 0 Å². The Morgan fingerprint density at radius 3 is 2.35 bits per heavy atom. The summed E-state index contributed by atoms with van der Waals surface area (Å²) in [7, 11) is -1.14. The highest BCUT2D eigenvalue weighted by Gasteiger charge is 2.65. The summed E-state index contributed by atoms with van der Waals surface area (Å²) >= 11 is 0. The molecule has 2 fully saturated rings. The van der Waals surface area contributed by atoms with Crippen LogP contribution in [-0.2, 0) is 21.5 Å². The molecule has 0 atom stereocenters. The van der Waals surface area contributed by atoms with Crippen molar-refractivity contribution in [2.24, 2.45) is 0 Å². The number of nitrogens with zero attached hydrogens (tertiary/aromatic N) is 4. The molecule has 3 amide bonds. The minimum atomic E-state index is -4.87. The Balaban J connectivity index is 1.60. The normalized spacial score (nSPS) is 17.6. The standard InChI is InChI=1S/C20H20F3N5O5S/c1-26(2)34(31,32)25-16-11-24-10-7-13(16)12-27-18(30)28(17(29)19(27)8-9-19)14-3-5-15(6-4-14)33-20(21,22)23/h3-7,10-11,25H,8-9,12H2,1-2H3. The van der Waals surface area contributed by atoms with Gasteiger partial charge in [-0.1, -0.05) is 0 Å². The third-order valence-corrected chi connectivity index (χ3v) is 6.99. The molecule has 1 saturated heterocycles. The van der Waals surface area contributed by atoms with Gasteiger partial charge in [-0.05, 0) is 48.7 Å². The van der Waals surface area contributed by atoms with Crippen molar-refractivity contribution in [3.63, 3.8) is 0 Å². The average molecular weight is 499 g/mol. The highest BCUT2D eigenvalue weighted by atomic mass is 32.2. The summed E-state index contributed by atoms with van der Waals surface area (Å²) in [5.41, 5.74) is -0.413. The minimum Gasteiger partial charge on any atom is -0.406 e. The molecule has 1 aromatic heterocycles. The summed E-state index contributed by atoms with van der Waals surface area (Å²) in [6.07, 6.45) is -1.32. The number of hydrogen-bond acceptors (Lipinski definition) is 6. The van der Waals surface area contributed by atoms with Crippen molar-refractivity contribution in [3.8, 4) is 5.75 Å². The van der Waals surface area contributed by atoms with Crippen LogP contribution in [0.25, 0.3) is 0 Å². The van der Waals surface area contributed by atoms with Gasteiger partial charge in [0.25, 0.3) is 5.91 Å². The molecule has 14 heteroatoms. The van der Waals surface area contributed by atoms with Gasteiger partial charge in [0, 0.05) is 20.3 Å². The lowest BCUT2D eigenvalue weighted by molar-refractivity contribution is -0.274. The minimum absolute atomic E-state index is 0.0792. The fourth-order valence-electron chi connectivity index (χ4n) is 3.61. The molecule has 0 bridgehead atoms. The van der Waals surface area contributed by atoms with Gasteiger partial charge in [0.1, 0.15) is 11.3 Å². The van der Waals surface area contributed by atoms with Gasteiger partial charge in [-0.3, -0.25) is 14.5 Å². The lowest BCUT2D eigenvalue weighted by atomic mass is 10.1. The molecule has 0 radical (unpaired) electrons. The van der Waals surface area contributed by atoms with Crippen LogP contribution in [0.4, 0.5) is 29.3 Å². The summed E-state index contributed by atoms with van der Waals surface area (Å²) in [6, 6.07) is 5.29. The van der Waals surface area contributed by atoms with Gasteiger partial charge in [-0.25, -0.2) is 9.69 Å². The summed E-state index contributed by atoms with van der Waals surface area (Å²) in [5, 5.41) is 0. The Hall–Kier alpha value is -3.39. The van der Waals surface area contributed by atoms with Crippen molar-refractivity contribution in [1.29, 1.82) is 0 Å². The first-order valence-electron chi connectivity index (χ1n) is 9.99. The maximum Gasteiger partial charge on any atom is 0.573 e. The van der Waals surface area contributed by atoms with Crippen molar-refractivity contribution < 1.29 is 35.9 Å². The van der Waals surface area contributed by atoms with Crippen LogP contribution in [0.15, 0.2) is 42.7 Å². The first kappa shape index (κ1) is 23.8. The molecule has 2 aliphatic rings. The number of hydrogen-bond donors (Lipinski definition) is 1. The number of carbonyl (C=O) groups excluding carboxylic acids is 2. The second-order valence-corrected chi connectivity index (χ2v) is 9.89. The number of halogens is 3. The number of benzene rings is 1. The van der Waals surface area contributed by atoms with Gasteiger partial charge in [0.15, 0.2) is 0 Å². The van der Waals surface area contributed by atoms with Crippen LogP contribution in [-0.4, -0.2) is 60.5 Å². The molecular formula is C20H20F3N5O5S. The van der Waals surface area contributed by atoms with Crippen molar-refractivity contribution in [1.82, 2.24) is 14.2 Å². The first-order chi connectivity index (χ1) is 15.8. The van der Waals surface area contributed by atoms with Crippen molar-refractivity contribution in [3.05, 3.63) is 48.3 Å². The van der Waals surface area contributed by atoms with Crippen LogP contribution >= 0.6 is 0 Å². The predicted octanol–water partition coefficient (Wildman–Crippen LogP) is 2.70. The molecule has 4 rings (SSSR count). The van der Waals surface area contributed by atoms with Gasteiger partial charge in [-0.2, -0.15) is 12.7 Å². The number of anilines is 2. The zero-order valence-electron chi connectivity index (χ0n) is 18.0. The number of rotatable bonds is 7. The highest BCUT2D eigenvalue weighted by Crippen LogP contribution is 2.50. The van der Waals surface area contributed by atoms with E-state index in [9.17, 15) is 31.2 Å². The van der Waals surface area contributed by atoms with Crippen LogP contribution in [0.1, 0.15) is 18.4 Å². The molecule has 2 heterocycles. The third-order valence-electron chi connectivity index (χ3n) is 5.55. The molecule has 10 nitrogen and oxygen atoms in total. The van der Waals surface area contributed by atoms with Gasteiger partial charge >= 0.3 is 22.6 Å². The van der Waals surface area contributed by atoms with Crippen LogP contribution in [0.2, 0.25) is 0 Å². The van der Waals surface area contributed by atoms with Gasteiger partial charge in [0.05, 0.1) is 24.1 Å². The van der Waals surface area contributed by atoms with Crippen molar-refractivity contribution >= 4 is 33.5 Å². The molecule has 1 aliphatic carbocycles. The molecule has 1 saturated carbocycles. The molecule has 1 aliphatic heterocycles. The average Bonchev–Trinajstić information content (AvgIpc) is 3.51. The quantitative estimate of drug-likeness (QED) is 0.587. The second-order valence-electron chi connectivity index (χ2n) is 8.00. The number of urea groups is 1. The van der Waals surface area contributed by atoms with Crippen molar-refractivity contribution in [2.75, 3.05) is 23.7 Å². The molecule has 1 aromatic carbocycles. The van der Waals surface area contributed by atoms with E-state index in [1.54, 1.807) is 0 Å². The van der Waals surface area contributed by atoms with Gasteiger partial charge < -0.3 is 9.64 Å². The van der Waals surface area contributed by atoms with Crippen LogP contribution in [0.3, 0.4) is 0 Å². The lowest BCUT2D eigenvalue weighted by Gasteiger charge is -2.23. The van der Waals surface area contributed by atoms with E-state index < -0.39 is 39.8 Å². The fourth-order valence-corrected chi connectivity index (χ4v) is 4.26. The van der Waals surface area contributed by atoms with E-state index in [0.29, 0.717) is 18.4 Å². The molecule has 34 heavy (non-hydrogen) atoms. The number of pyridine rings is 1. The zero-order valence-corrected chi connectivity index (χ0v) is 18.9. The summed E-state index contributed by atoms with van der Waals surface area (Å²) in [4.78, 5) is 32.6. The topological polar surface area (TPSA) is 112 Å². The second kappa shape index (κ2) is 8.13. The fraction of sp³-hybridized carbons (Fsp3) is 0.350. The smallest absolute Gasteiger partial charge is 0.406 e. The maximum atomic E-state index is 13.3. The molecule has 1 N–H and O–H groups in total. The third kappa shape index (κ3) is 4.37. The Morgan fingerprint density at radius 2 is 1.79 bits per heavy atom. The molecule has 1 spiro atoms. The number of imide groups is 1. The predicted molar refractivity (Wildman–Crippen MR) is 114 cm³/mol. The Bertz CT molecular complexity index is 1230. The van der Waals surface area contributed by atoms with Crippen LogP contribution in [0, 0.1) is 0 Å². The van der Waals surface area contributed by atoms with E-state index in [1.165, 1.54) is 49.6 Å². The number of ether oxygens (including phenoxy) is 1. The number of nitrogens with one attached hydrogen (secondary N) is 1. The van der Waals surface area contributed by atoms with E-state index in [2.05, 4.69) is 14.4 Å². The molecular weight excluding hydrogens is 479 g/mol. The zero-order chi connectivity index (χ0) is 24.9. The largest absolute Gasteiger partial charge is 0.573 e.